The molecular weight excluding hydrogens is 268 g/mol. The van der Waals surface area contributed by atoms with E-state index in [9.17, 15) is 14.4 Å². The summed E-state index contributed by atoms with van der Waals surface area (Å²) < 4.78 is 19.3. The van der Waals surface area contributed by atoms with Gasteiger partial charge in [0.25, 0.3) is 0 Å². The monoisotopic (exact) mass is 290 g/mol. The van der Waals surface area contributed by atoms with Gasteiger partial charge in [-0.25, -0.2) is 4.79 Å². The Hall–Kier alpha value is -1.79. The van der Waals surface area contributed by atoms with Gasteiger partial charge in [0.05, 0.1) is 13.2 Å². The minimum absolute atomic E-state index is 0.166. The molecule has 0 heterocycles. The molecule has 0 aromatic rings. The summed E-state index contributed by atoms with van der Waals surface area (Å²) >= 11 is 0. The fourth-order valence-corrected chi connectivity index (χ4v) is 1.18. The molecular formula is C13H22O7. The summed E-state index contributed by atoms with van der Waals surface area (Å²) in [5, 5.41) is 0. The van der Waals surface area contributed by atoms with Crippen molar-refractivity contribution in [2.24, 2.45) is 5.41 Å². The highest BCUT2D eigenvalue weighted by Gasteiger charge is 2.38. The van der Waals surface area contributed by atoms with Gasteiger partial charge in [0, 0.05) is 6.42 Å². The van der Waals surface area contributed by atoms with Crippen molar-refractivity contribution < 1.29 is 33.3 Å². The topological polar surface area (TPSA) is 88.1 Å². The van der Waals surface area contributed by atoms with E-state index in [4.69, 9.17) is 14.2 Å². The van der Waals surface area contributed by atoms with Crippen molar-refractivity contribution in [2.75, 3.05) is 26.4 Å². The van der Waals surface area contributed by atoms with Gasteiger partial charge in [0.2, 0.25) is 0 Å². The molecule has 116 valence electrons. The van der Waals surface area contributed by atoms with Crippen molar-refractivity contribution in [3.63, 3.8) is 0 Å². The van der Waals surface area contributed by atoms with Crippen LogP contribution in [0.5, 0.6) is 0 Å². The van der Waals surface area contributed by atoms with Gasteiger partial charge in [-0.1, -0.05) is 6.92 Å². The lowest BCUT2D eigenvalue weighted by atomic mass is 9.93. The second-order valence-electron chi connectivity index (χ2n) is 4.27. The SMILES string of the molecule is CCOC(=O)OCC(C)(COC(=O)CC)C(=O)OCC. The third-order valence-electron chi connectivity index (χ3n) is 2.38. The highest BCUT2D eigenvalue weighted by molar-refractivity contribution is 5.78. The molecule has 0 aliphatic rings. The van der Waals surface area contributed by atoms with Crippen LogP contribution >= 0.6 is 0 Å². The van der Waals surface area contributed by atoms with Crippen molar-refractivity contribution in [1.29, 1.82) is 0 Å². The van der Waals surface area contributed by atoms with E-state index in [2.05, 4.69) is 4.74 Å². The highest BCUT2D eigenvalue weighted by Crippen LogP contribution is 2.20. The molecule has 0 aromatic heterocycles. The molecule has 0 fully saturated rings. The average Bonchev–Trinajstić information content (AvgIpc) is 2.43. The normalized spacial score (nSPS) is 13.0. The first-order valence-electron chi connectivity index (χ1n) is 6.52. The van der Waals surface area contributed by atoms with Crippen molar-refractivity contribution in [3.05, 3.63) is 0 Å². The Morgan fingerprint density at radius 3 is 1.90 bits per heavy atom. The van der Waals surface area contributed by atoms with Crippen LogP contribution in [0.15, 0.2) is 0 Å². The molecule has 0 spiro atoms. The number of carbonyl (C=O) groups is 3. The van der Waals surface area contributed by atoms with Gasteiger partial charge in [0.1, 0.15) is 18.6 Å². The van der Waals surface area contributed by atoms with Crippen molar-refractivity contribution in [2.45, 2.75) is 34.1 Å². The molecule has 0 saturated heterocycles. The van der Waals surface area contributed by atoms with Gasteiger partial charge in [-0.15, -0.1) is 0 Å². The smallest absolute Gasteiger partial charge is 0.465 e. The van der Waals surface area contributed by atoms with Crippen LogP contribution in [0, 0.1) is 5.41 Å². The summed E-state index contributed by atoms with van der Waals surface area (Å²) in [5.41, 5.74) is -1.26. The molecule has 0 N–H and O–H groups in total. The zero-order chi connectivity index (χ0) is 15.6. The van der Waals surface area contributed by atoms with Gasteiger partial charge in [-0.3, -0.25) is 9.59 Å². The summed E-state index contributed by atoms with van der Waals surface area (Å²) in [6.45, 7) is 6.25. The Balaban J connectivity index is 4.64. The largest absolute Gasteiger partial charge is 0.508 e. The fraction of sp³-hybridized carbons (Fsp3) is 0.769. The third kappa shape index (κ3) is 6.40. The summed E-state index contributed by atoms with van der Waals surface area (Å²) in [5.74, 6) is -1.05. The minimum Gasteiger partial charge on any atom is -0.465 e. The van der Waals surface area contributed by atoms with Crippen LogP contribution in [-0.2, 0) is 28.5 Å². The van der Waals surface area contributed by atoms with Gasteiger partial charge in [-0.05, 0) is 20.8 Å². The van der Waals surface area contributed by atoms with Crippen LogP contribution in [0.4, 0.5) is 4.79 Å². The predicted octanol–water partition coefficient (Wildman–Crippen LogP) is 1.68. The molecule has 20 heavy (non-hydrogen) atoms. The van der Waals surface area contributed by atoms with Crippen LogP contribution in [0.3, 0.4) is 0 Å². The van der Waals surface area contributed by atoms with Crippen LogP contribution in [-0.4, -0.2) is 44.5 Å². The van der Waals surface area contributed by atoms with E-state index < -0.39 is 23.5 Å². The Kier molecular flexibility index (Phi) is 8.35. The number of rotatable bonds is 8. The Morgan fingerprint density at radius 1 is 0.850 bits per heavy atom. The second-order valence-corrected chi connectivity index (χ2v) is 4.27. The number of hydrogen-bond donors (Lipinski definition) is 0. The number of hydrogen-bond acceptors (Lipinski definition) is 7. The van der Waals surface area contributed by atoms with Gasteiger partial charge >= 0.3 is 18.1 Å². The molecule has 0 aliphatic carbocycles. The summed E-state index contributed by atoms with van der Waals surface area (Å²) in [7, 11) is 0. The lowest BCUT2D eigenvalue weighted by Crippen LogP contribution is -2.40. The van der Waals surface area contributed by atoms with Crippen molar-refractivity contribution >= 4 is 18.1 Å². The molecule has 0 rings (SSSR count). The van der Waals surface area contributed by atoms with E-state index in [1.165, 1.54) is 6.92 Å². The van der Waals surface area contributed by atoms with E-state index in [0.717, 1.165) is 0 Å². The van der Waals surface area contributed by atoms with Gasteiger partial charge in [0.15, 0.2) is 0 Å². The zero-order valence-electron chi connectivity index (χ0n) is 12.4. The molecule has 7 heteroatoms. The summed E-state index contributed by atoms with van der Waals surface area (Å²) in [6, 6.07) is 0. The van der Waals surface area contributed by atoms with Crippen LogP contribution in [0.2, 0.25) is 0 Å². The molecule has 0 bridgehead atoms. The maximum absolute atomic E-state index is 11.9. The second kappa shape index (κ2) is 9.17. The maximum atomic E-state index is 11.9. The summed E-state index contributed by atoms with van der Waals surface area (Å²) in [4.78, 5) is 34.2. The van der Waals surface area contributed by atoms with Crippen molar-refractivity contribution in [3.8, 4) is 0 Å². The Bertz CT molecular complexity index is 340. The predicted molar refractivity (Wildman–Crippen MR) is 69.0 cm³/mol. The van der Waals surface area contributed by atoms with E-state index in [-0.39, 0.29) is 32.8 Å². The zero-order valence-corrected chi connectivity index (χ0v) is 12.4. The average molecular weight is 290 g/mol. The van der Waals surface area contributed by atoms with E-state index in [1.54, 1.807) is 20.8 Å². The number of ether oxygens (including phenoxy) is 4. The lowest BCUT2D eigenvalue weighted by molar-refractivity contribution is -0.165. The Morgan fingerprint density at radius 2 is 1.40 bits per heavy atom. The van der Waals surface area contributed by atoms with Crippen molar-refractivity contribution in [1.82, 2.24) is 0 Å². The summed E-state index contributed by atoms with van der Waals surface area (Å²) in [6.07, 6.45) is -0.692. The standard InChI is InChI=1S/C13H22O7/c1-5-10(14)19-8-13(4,11(15)17-6-2)9-20-12(16)18-7-3/h5-9H2,1-4H3. The van der Waals surface area contributed by atoms with Gasteiger partial charge in [-0.2, -0.15) is 0 Å². The van der Waals surface area contributed by atoms with E-state index in [1.807, 2.05) is 0 Å². The number of carbonyl (C=O) groups excluding carboxylic acids is 3. The number of esters is 2. The van der Waals surface area contributed by atoms with E-state index >= 15 is 0 Å². The van der Waals surface area contributed by atoms with Crippen LogP contribution in [0.25, 0.3) is 0 Å². The molecule has 7 nitrogen and oxygen atoms in total. The fourth-order valence-electron chi connectivity index (χ4n) is 1.18. The first kappa shape index (κ1) is 18.2. The van der Waals surface area contributed by atoms with Crippen LogP contribution < -0.4 is 0 Å². The maximum Gasteiger partial charge on any atom is 0.508 e. The van der Waals surface area contributed by atoms with Gasteiger partial charge < -0.3 is 18.9 Å². The molecule has 1 atom stereocenters. The third-order valence-corrected chi connectivity index (χ3v) is 2.38. The van der Waals surface area contributed by atoms with E-state index in [0.29, 0.717) is 0 Å². The first-order chi connectivity index (χ1) is 9.39. The molecule has 0 radical (unpaired) electrons. The molecule has 0 aromatic carbocycles. The van der Waals surface area contributed by atoms with Crippen LogP contribution in [0.1, 0.15) is 34.1 Å². The lowest BCUT2D eigenvalue weighted by Gasteiger charge is -2.25. The first-order valence-corrected chi connectivity index (χ1v) is 6.52. The molecule has 1 unspecified atom stereocenters. The minimum atomic E-state index is -1.26. The Labute approximate surface area is 118 Å². The molecule has 0 saturated carbocycles. The molecule has 0 aliphatic heterocycles. The quantitative estimate of drug-likeness (QED) is 0.496. The highest BCUT2D eigenvalue weighted by atomic mass is 16.7. The molecule has 0 amide bonds.